The summed E-state index contributed by atoms with van der Waals surface area (Å²) in [5.41, 5.74) is 1.25. The van der Waals surface area contributed by atoms with Crippen molar-refractivity contribution in [3.8, 4) is 0 Å². The first-order chi connectivity index (χ1) is 12.3. The van der Waals surface area contributed by atoms with Crippen LogP contribution in [0.1, 0.15) is 12.0 Å². The topological polar surface area (TPSA) is 61.4 Å². The van der Waals surface area contributed by atoms with E-state index >= 15 is 0 Å². The lowest BCUT2D eigenvalue weighted by Gasteiger charge is -2.34. The number of hydrogen-bond donors (Lipinski definition) is 1. The van der Waals surface area contributed by atoms with E-state index in [-0.39, 0.29) is 5.91 Å². The van der Waals surface area contributed by atoms with Crippen LogP contribution in [0, 0.1) is 0 Å². The first kappa shape index (κ1) is 17.4. The summed E-state index contributed by atoms with van der Waals surface area (Å²) < 4.78 is 0. The number of hydrogen-bond acceptors (Lipinski definition) is 5. The van der Waals surface area contributed by atoms with Gasteiger partial charge in [0.05, 0.1) is 0 Å². The molecule has 0 saturated carbocycles. The summed E-state index contributed by atoms with van der Waals surface area (Å²) in [5, 5.41) is 3.01. The molecule has 1 N–H and O–H groups in total. The Kier molecular flexibility index (Phi) is 6.34. The molecule has 1 aliphatic heterocycles. The van der Waals surface area contributed by atoms with E-state index in [0.29, 0.717) is 13.0 Å². The van der Waals surface area contributed by atoms with Gasteiger partial charge in [-0.05, 0) is 18.1 Å². The van der Waals surface area contributed by atoms with E-state index < -0.39 is 0 Å². The van der Waals surface area contributed by atoms with Crippen LogP contribution in [0.2, 0.25) is 0 Å². The molecule has 0 bridgehead atoms. The fourth-order valence-electron chi connectivity index (χ4n) is 2.96. The maximum atomic E-state index is 12.0. The summed E-state index contributed by atoms with van der Waals surface area (Å²) >= 11 is 0. The van der Waals surface area contributed by atoms with E-state index in [1.807, 2.05) is 24.3 Å². The van der Waals surface area contributed by atoms with E-state index in [1.165, 1.54) is 5.56 Å². The van der Waals surface area contributed by atoms with Crippen LogP contribution in [0.4, 0.5) is 5.95 Å². The highest BCUT2D eigenvalue weighted by Gasteiger charge is 2.18. The van der Waals surface area contributed by atoms with Crippen LogP contribution in [-0.4, -0.2) is 60.0 Å². The minimum Gasteiger partial charge on any atom is -0.356 e. The third-order valence-corrected chi connectivity index (χ3v) is 4.44. The minimum atomic E-state index is 0.129. The average Bonchev–Trinajstić information content (AvgIpc) is 2.68. The second-order valence-corrected chi connectivity index (χ2v) is 6.21. The lowest BCUT2D eigenvalue weighted by Crippen LogP contribution is -2.47. The van der Waals surface area contributed by atoms with Crippen LogP contribution in [0.3, 0.4) is 0 Å². The molecular formula is C19H25N5O. The fraction of sp³-hybridized carbons (Fsp3) is 0.421. The van der Waals surface area contributed by atoms with Gasteiger partial charge < -0.3 is 10.2 Å². The zero-order chi connectivity index (χ0) is 17.3. The van der Waals surface area contributed by atoms with E-state index in [0.717, 1.165) is 45.1 Å². The molecule has 1 aromatic heterocycles. The summed E-state index contributed by atoms with van der Waals surface area (Å²) in [4.78, 5) is 25.1. The van der Waals surface area contributed by atoms with Gasteiger partial charge in [-0.1, -0.05) is 30.3 Å². The third-order valence-electron chi connectivity index (χ3n) is 4.44. The average molecular weight is 339 g/mol. The van der Waals surface area contributed by atoms with E-state index in [2.05, 4.69) is 37.2 Å². The van der Waals surface area contributed by atoms with Crippen LogP contribution < -0.4 is 10.2 Å². The number of amides is 1. The minimum absolute atomic E-state index is 0.129. The summed E-state index contributed by atoms with van der Waals surface area (Å²) in [5.74, 6) is 0.922. The van der Waals surface area contributed by atoms with Crippen LogP contribution in [-0.2, 0) is 11.2 Å². The Morgan fingerprint density at radius 3 is 2.44 bits per heavy atom. The summed E-state index contributed by atoms with van der Waals surface area (Å²) in [6, 6.07) is 12.1. The molecular weight excluding hydrogens is 314 g/mol. The molecule has 6 nitrogen and oxygen atoms in total. The smallest absolute Gasteiger partial charge is 0.225 e. The van der Waals surface area contributed by atoms with Crippen molar-refractivity contribution in [2.75, 3.05) is 44.2 Å². The number of anilines is 1. The zero-order valence-corrected chi connectivity index (χ0v) is 14.5. The van der Waals surface area contributed by atoms with E-state index in [1.54, 1.807) is 12.4 Å². The fourth-order valence-corrected chi connectivity index (χ4v) is 2.96. The highest BCUT2D eigenvalue weighted by Crippen LogP contribution is 2.09. The molecule has 6 heteroatoms. The molecule has 1 aliphatic rings. The largest absolute Gasteiger partial charge is 0.356 e. The Labute approximate surface area is 148 Å². The van der Waals surface area contributed by atoms with Crippen molar-refractivity contribution in [2.45, 2.75) is 12.8 Å². The summed E-state index contributed by atoms with van der Waals surface area (Å²) in [6.45, 7) is 5.19. The number of piperazine rings is 1. The summed E-state index contributed by atoms with van der Waals surface area (Å²) in [6.07, 6.45) is 4.97. The van der Waals surface area contributed by atoms with Crippen molar-refractivity contribution < 1.29 is 4.79 Å². The lowest BCUT2D eigenvalue weighted by atomic mass is 10.1. The second kappa shape index (κ2) is 9.13. The molecule has 0 spiro atoms. The van der Waals surface area contributed by atoms with Gasteiger partial charge in [-0.2, -0.15) is 0 Å². The third kappa shape index (κ3) is 5.53. The van der Waals surface area contributed by atoms with Gasteiger partial charge in [-0.25, -0.2) is 9.97 Å². The van der Waals surface area contributed by atoms with Gasteiger partial charge >= 0.3 is 0 Å². The van der Waals surface area contributed by atoms with Crippen LogP contribution in [0.5, 0.6) is 0 Å². The monoisotopic (exact) mass is 339 g/mol. The van der Waals surface area contributed by atoms with Crippen LogP contribution >= 0.6 is 0 Å². The first-order valence-electron chi connectivity index (χ1n) is 8.86. The van der Waals surface area contributed by atoms with Crippen LogP contribution in [0.25, 0.3) is 0 Å². The quantitative estimate of drug-likeness (QED) is 0.825. The standard InChI is InChI=1S/C19H25N5O/c25-18(20-11-7-17-5-2-1-3-6-17)8-12-23-13-15-24(16-14-23)19-21-9-4-10-22-19/h1-6,9-10H,7-8,11-16H2,(H,20,25). The predicted molar refractivity (Wildman–Crippen MR) is 98.5 cm³/mol. The first-order valence-corrected chi connectivity index (χ1v) is 8.86. The SMILES string of the molecule is O=C(CCN1CCN(c2ncccn2)CC1)NCCc1ccccc1. The van der Waals surface area contributed by atoms with Gasteiger partial charge in [0.1, 0.15) is 0 Å². The lowest BCUT2D eigenvalue weighted by molar-refractivity contribution is -0.121. The van der Waals surface area contributed by atoms with Gasteiger partial charge in [0.15, 0.2) is 0 Å². The molecule has 2 aromatic rings. The molecule has 25 heavy (non-hydrogen) atoms. The van der Waals surface area contributed by atoms with Crippen molar-refractivity contribution in [1.82, 2.24) is 20.2 Å². The molecule has 132 valence electrons. The molecule has 0 aliphatic carbocycles. The molecule has 1 saturated heterocycles. The van der Waals surface area contributed by atoms with Crippen LogP contribution in [0.15, 0.2) is 48.8 Å². The molecule has 3 rings (SSSR count). The van der Waals surface area contributed by atoms with Gasteiger partial charge in [0.25, 0.3) is 0 Å². The maximum Gasteiger partial charge on any atom is 0.225 e. The van der Waals surface area contributed by atoms with Crippen molar-refractivity contribution in [1.29, 1.82) is 0 Å². The maximum absolute atomic E-state index is 12.0. The predicted octanol–water partition coefficient (Wildman–Crippen LogP) is 1.35. The van der Waals surface area contributed by atoms with E-state index in [4.69, 9.17) is 0 Å². The Bertz CT molecular complexity index is 641. The number of aromatic nitrogens is 2. The van der Waals surface area contributed by atoms with Crippen molar-refractivity contribution in [3.05, 3.63) is 54.4 Å². The van der Waals surface area contributed by atoms with Crippen molar-refractivity contribution in [2.24, 2.45) is 0 Å². The van der Waals surface area contributed by atoms with Gasteiger partial charge in [-0.3, -0.25) is 9.69 Å². The molecule has 0 atom stereocenters. The Morgan fingerprint density at radius 1 is 1.00 bits per heavy atom. The number of nitrogens with zero attached hydrogens (tertiary/aromatic N) is 4. The molecule has 0 radical (unpaired) electrons. The Hall–Kier alpha value is -2.47. The summed E-state index contributed by atoms with van der Waals surface area (Å²) in [7, 11) is 0. The number of rotatable bonds is 7. The number of nitrogens with one attached hydrogen (secondary N) is 1. The number of benzene rings is 1. The molecule has 1 amide bonds. The van der Waals surface area contributed by atoms with Gasteiger partial charge in [0.2, 0.25) is 11.9 Å². The normalized spacial score (nSPS) is 15.1. The van der Waals surface area contributed by atoms with Gasteiger partial charge in [-0.15, -0.1) is 0 Å². The van der Waals surface area contributed by atoms with E-state index in [9.17, 15) is 4.79 Å². The Balaban J connectivity index is 1.31. The van der Waals surface area contributed by atoms with Crippen molar-refractivity contribution in [3.63, 3.8) is 0 Å². The Morgan fingerprint density at radius 2 is 1.72 bits per heavy atom. The number of carbonyl (C=O) groups is 1. The molecule has 0 unspecified atom stereocenters. The highest BCUT2D eigenvalue weighted by molar-refractivity contribution is 5.76. The molecule has 2 heterocycles. The number of carbonyl (C=O) groups excluding carboxylic acids is 1. The second-order valence-electron chi connectivity index (χ2n) is 6.21. The van der Waals surface area contributed by atoms with Gasteiger partial charge in [0, 0.05) is 58.1 Å². The molecule has 1 aromatic carbocycles. The highest BCUT2D eigenvalue weighted by atomic mass is 16.1. The van der Waals surface area contributed by atoms with Crippen molar-refractivity contribution >= 4 is 11.9 Å². The molecule has 1 fully saturated rings. The zero-order valence-electron chi connectivity index (χ0n) is 14.5.